The zero-order valence-electron chi connectivity index (χ0n) is 14.5. The minimum Gasteiger partial charge on any atom is -0.383 e. The largest absolute Gasteiger partial charge is 0.383 e. The van der Waals surface area contributed by atoms with E-state index >= 15 is 0 Å². The van der Waals surface area contributed by atoms with Gasteiger partial charge in [-0.25, -0.2) is 4.68 Å². The summed E-state index contributed by atoms with van der Waals surface area (Å²) >= 11 is 0. The Balaban J connectivity index is 1.72. The van der Waals surface area contributed by atoms with Crippen molar-refractivity contribution in [3.63, 3.8) is 0 Å². The number of carbonyl (C=O) groups is 1. The summed E-state index contributed by atoms with van der Waals surface area (Å²) < 4.78 is 3.32. The van der Waals surface area contributed by atoms with Gasteiger partial charge in [-0.15, -0.1) is 0 Å². The molecule has 7 heteroatoms. The molecule has 0 fully saturated rings. The van der Waals surface area contributed by atoms with Crippen LogP contribution < -0.4 is 5.32 Å². The Morgan fingerprint density at radius 3 is 2.68 bits per heavy atom. The van der Waals surface area contributed by atoms with Crippen LogP contribution in [0.2, 0.25) is 0 Å². The van der Waals surface area contributed by atoms with E-state index in [2.05, 4.69) is 15.5 Å². The van der Waals surface area contributed by atoms with Crippen molar-refractivity contribution in [2.24, 2.45) is 7.05 Å². The van der Waals surface area contributed by atoms with Crippen LogP contribution in [0.1, 0.15) is 28.7 Å². The number of para-hydroxylation sites is 1. The maximum atomic E-state index is 12.4. The van der Waals surface area contributed by atoms with Crippen LogP contribution >= 0.6 is 0 Å². The number of rotatable bonds is 5. The standard InChI is InChI=1S/C18H21N5O2/c1-13-9-16(21-23(13)15-7-5-4-6-8-15)17(24)19-12-18(2,25)14-10-20-22(3)11-14/h4-11,25H,12H2,1-3H3,(H,19,24). The van der Waals surface area contributed by atoms with Gasteiger partial charge in [0.25, 0.3) is 5.91 Å². The van der Waals surface area contributed by atoms with Gasteiger partial charge in [-0.3, -0.25) is 9.48 Å². The molecule has 1 amide bonds. The lowest BCUT2D eigenvalue weighted by atomic mass is 10.00. The van der Waals surface area contributed by atoms with Crippen LogP contribution in [0, 0.1) is 6.92 Å². The maximum absolute atomic E-state index is 12.4. The van der Waals surface area contributed by atoms with Crippen molar-refractivity contribution in [2.45, 2.75) is 19.4 Å². The predicted octanol–water partition coefficient (Wildman–Crippen LogP) is 1.55. The van der Waals surface area contributed by atoms with Crippen LogP contribution in [-0.4, -0.2) is 37.1 Å². The first-order chi connectivity index (χ1) is 11.9. The number of amides is 1. The van der Waals surface area contributed by atoms with Crippen molar-refractivity contribution in [3.05, 3.63) is 65.7 Å². The van der Waals surface area contributed by atoms with Gasteiger partial charge in [-0.1, -0.05) is 18.2 Å². The summed E-state index contributed by atoms with van der Waals surface area (Å²) in [7, 11) is 1.77. The number of hydrogen-bond acceptors (Lipinski definition) is 4. The number of nitrogens with one attached hydrogen (secondary N) is 1. The van der Waals surface area contributed by atoms with E-state index in [0.717, 1.165) is 11.4 Å². The highest BCUT2D eigenvalue weighted by Gasteiger charge is 2.26. The second-order valence-corrected chi connectivity index (χ2v) is 6.28. The molecule has 3 rings (SSSR count). The monoisotopic (exact) mass is 339 g/mol. The summed E-state index contributed by atoms with van der Waals surface area (Å²) in [6.07, 6.45) is 3.31. The van der Waals surface area contributed by atoms with Gasteiger partial charge in [0.2, 0.25) is 0 Å². The molecule has 7 nitrogen and oxygen atoms in total. The first-order valence-electron chi connectivity index (χ1n) is 7.98. The van der Waals surface area contributed by atoms with E-state index in [0.29, 0.717) is 11.3 Å². The highest BCUT2D eigenvalue weighted by atomic mass is 16.3. The van der Waals surface area contributed by atoms with E-state index in [-0.39, 0.29) is 12.5 Å². The topological polar surface area (TPSA) is 85.0 Å². The van der Waals surface area contributed by atoms with Crippen LogP contribution in [0.5, 0.6) is 0 Å². The van der Waals surface area contributed by atoms with Gasteiger partial charge in [0.15, 0.2) is 5.69 Å². The van der Waals surface area contributed by atoms with E-state index in [9.17, 15) is 9.90 Å². The Morgan fingerprint density at radius 2 is 2.04 bits per heavy atom. The fraction of sp³-hybridized carbons (Fsp3) is 0.278. The van der Waals surface area contributed by atoms with E-state index in [1.54, 1.807) is 41.8 Å². The molecule has 1 aromatic carbocycles. The number of nitrogens with zero attached hydrogens (tertiary/aromatic N) is 4. The molecule has 2 heterocycles. The second kappa shape index (κ2) is 6.52. The van der Waals surface area contributed by atoms with Gasteiger partial charge in [-0.2, -0.15) is 10.2 Å². The Bertz CT molecular complexity index is 880. The molecule has 130 valence electrons. The van der Waals surface area contributed by atoms with Crippen molar-refractivity contribution in [3.8, 4) is 5.69 Å². The molecule has 2 aromatic heterocycles. The number of carbonyl (C=O) groups excluding carboxylic acids is 1. The van der Waals surface area contributed by atoms with Gasteiger partial charge in [0.05, 0.1) is 18.4 Å². The third-order valence-corrected chi connectivity index (χ3v) is 4.04. The lowest BCUT2D eigenvalue weighted by Crippen LogP contribution is -2.38. The average molecular weight is 339 g/mol. The summed E-state index contributed by atoms with van der Waals surface area (Å²) in [6, 6.07) is 11.3. The summed E-state index contributed by atoms with van der Waals surface area (Å²) in [5, 5.41) is 21.7. The number of aryl methyl sites for hydroxylation is 2. The van der Waals surface area contributed by atoms with Crippen molar-refractivity contribution >= 4 is 5.91 Å². The highest BCUT2D eigenvalue weighted by molar-refractivity contribution is 5.92. The fourth-order valence-electron chi connectivity index (χ4n) is 2.56. The first kappa shape index (κ1) is 16.9. The molecule has 0 aliphatic rings. The van der Waals surface area contributed by atoms with Crippen LogP contribution in [0.15, 0.2) is 48.8 Å². The Kier molecular flexibility index (Phi) is 4.41. The smallest absolute Gasteiger partial charge is 0.271 e. The molecule has 0 radical (unpaired) electrons. The van der Waals surface area contributed by atoms with E-state index in [1.807, 2.05) is 37.3 Å². The molecule has 1 unspecified atom stereocenters. The number of benzene rings is 1. The van der Waals surface area contributed by atoms with Gasteiger partial charge in [-0.05, 0) is 32.0 Å². The molecule has 0 saturated carbocycles. The lowest BCUT2D eigenvalue weighted by molar-refractivity contribution is 0.0524. The molecular weight excluding hydrogens is 318 g/mol. The SMILES string of the molecule is Cc1cc(C(=O)NCC(C)(O)c2cnn(C)c2)nn1-c1ccccc1. The molecule has 0 bridgehead atoms. The summed E-state index contributed by atoms with van der Waals surface area (Å²) in [4.78, 5) is 12.4. The zero-order valence-corrected chi connectivity index (χ0v) is 14.5. The first-order valence-corrected chi connectivity index (χ1v) is 7.98. The molecular formula is C18H21N5O2. The molecule has 0 aliphatic carbocycles. The quantitative estimate of drug-likeness (QED) is 0.739. The van der Waals surface area contributed by atoms with Gasteiger partial charge >= 0.3 is 0 Å². The van der Waals surface area contributed by atoms with Gasteiger partial charge in [0, 0.05) is 24.5 Å². The zero-order chi connectivity index (χ0) is 18.0. The highest BCUT2D eigenvalue weighted by Crippen LogP contribution is 2.19. The average Bonchev–Trinajstić information content (AvgIpc) is 3.20. The molecule has 25 heavy (non-hydrogen) atoms. The van der Waals surface area contributed by atoms with Crippen molar-refractivity contribution in [2.75, 3.05) is 6.54 Å². The summed E-state index contributed by atoms with van der Waals surface area (Å²) in [6.45, 7) is 3.59. The normalized spacial score (nSPS) is 13.4. The van der Waals surface area contributed by atoms with Crippen LogP contribution in [-0.2, 0) is 12.6 Å². The molecule has 0 spiro atoms. The lowest BCUT2D eigenvalue weighted by Gasteiger charge is -2.21. The number of hydrogen-bond donors (Lipinski definition) is 2. The van der Waals surface area contributed by atoms with Gasteiger partial charge in [0.1, 0.15) is 5.60 Å². The molecule has 1 atom stereocenters. The van der Waals surface area contributed by atoms with Crippen LogP contribution in [0.3, 0.4) is 0 Å². The Morgan fingerprint density at radius 1 is 1.32 bits per heavy atom. The summed E-state index contributed by atoms with van der Waals surface area (Å²) in [5.41, 5.74) is 1.49. The number of aromatic nitrogens is 4. The third-order valence-electron chi connectivity index (χ3n) is 4.04. The van der Waals surface area contributed by atoms with Crippen molar-refractivity contribution in [1.82, 2.24) is 24.9 Å². The third kappa shape index (κ3) is 3.61. The minimum absolute atomic E-state index is 0.0643. The fourth-order valence-corrected chi connectivity index (χ4v) is 2.56. The molecule has 0 aliphatic heterocycles. The van der Waals surface area contributed by atoms with E-state index in [4.69, 9.17) is 0 Å². The summed E-state index contributed by atoms with van der Waals surface area (Å²) in [5.74, 6) is -0.332. The molecule has 0 saturated heterocycles. The Hall–Kier alpha value is -2.93. The molecule has 3 aromatic rings. The van der Waals surface area contributed by atoms with Crippen molar-refractivity contribution < 1.29 is 9.90 Å². The van der Waals surface area contributed by atoms with Crippen LogP contribution in [0.25, 0.3) is 5.69 Å². The van der Waals surface area contributed by atoms with E-state index in [1.165, 1.54) is 0 Å². The second-order valence-electron chi connectivity index (χ2n) is 6.28. The Labute approximate surface area is 145 Å². The number of aliphatic hydroxyl groups is 1. The maximum Gasteiger partial charge on any atom is 0.271 e. The van der Waals surface area contributed by atoms with Gasteiger partial charge < -0.3 is 10.4 Å². The van der Waals surface area contributed by atoms with E-state index < -0.39 is 5.60 Å². The van der Waals surface area contributed by atoms with Crippen LogP contribution in [0.4, 0.5) is 0 Å². The minimum atomic E-state index is -1.21. The predicted molar refractivity (Wildman–Crippen MR) is 93.4 cm³/mol. The molecule has 2 N–H and O–H groups in total. The van der Waals surface area contributed by atoms with Crippen molar-refractivity contribution in [1.29, 1.82) is 0 Å².